The van der Waals surface area contributed by atoms with Gasteiger partial charge in [-0.2, -0.15) is 0 Å². The van der Waals surface area contributed by atoms with E-state index in [2.05, 4.69) is 26.9 Å². The zero-order valence-corrected chi connectivity index (χ0v) is 18.3. The molecule has 1 saturated heterocycles. The molecule has 0 bridgehead atoms. The van der Waals surface area contributed by atoms with Crippen molar-refractivity contribution < 1.29 is 13.9 Å². The summed E-state index contributed by atoms with van der Waals surface area (Å²) >= 11 is 5.84. The number of rotatable bonds is 4. The van der Waals surface area contributed by atoms with Crippen LogP contribution in [-0.4, -0.2) is 53.9 Å². The number of nitrogens with zero attached hydrogens (tertiary/aromatic N) is 3. The Labute approximate surface area is 181 Å². The third kappa shape index (κ3) is 5.26. The van der Waals surface area contributed by atoms with Crippen LogP contribution in [0, 0.1) is 0 Å². The Morgan fingerprint density at radius 2 is 1.86 bits per heavy atom. The van der Waals surface area contributed by atoms with Gasteiger partial charge in [-0.05, 0) is 63.3 Å². The maximum absolute atomic E-state index is 12.6. The minimum Gasteiger partial charge on any atom is -0.412 e. The van der Waals surface area contributed by atoms with Crippen molar-refractivity contribution in [1.82, 2.24) is 19.9 Å². The van der Waals surface area contributed by atoms with E-state index < -0.39 is 9.84 Å². The van der Waals surface area contributed by atoms with Gasteiger partial charge in [0.15, 0.2) is 9.84 Å². The topological polar surface area (TPSA) is 110 Å². The highest BCUT2D eigenvalue weighted by Gasteiger charge is 2.22. The van der Waals surface area contributed by atoms with E-state index in [9.17, 15) is 8.42 Å². The van der Waals surface area contributed by atoms with Gasteiger partial charge in [0.05, 0.1) is 27.9 Å². The van der Waals surface area contributed by atoms with Gasteiger partial charge in [0.1, 0.15) is 5.82 Å². The summed E-state index contributed by atoms with van der Waals surface area (Å²) in [5.41, 5.74) is 2.13. The fourth-order valence-corrected chi connectivity index (χ4v) is 4.87. The second-order valence-electron chi connectivity index (χ2n) is 7.11. The number of nitrogens with one attached hydrogen (secondary N) is 1. The first-order chi connectivity index (χ1) is 12.9. The lowest BCUT2D eigenvalue weighted by atomic mass is 9.96. The number of halogens is 2. The lowest BCUT2D eigenvalue weighted by molar-refractivity contribution is 0.251. The van der Waals surface area contributed by atoms with Gasteiger partial charge in [0, 0.05) is 16.6 Å². The Kier molecular flexibility index (Phi) is 7.64. The van der Waals surface area contributed by atoms with Crippen LogP contribution < -0.4 is 0 Å². The molecule has 3 aromatic rings. The predicted molar refractivity (Wildman–Crippen MR) is 117 cm³/mol. The first kappa shape index (κ1) is 23.6. The van der Waals surface area contributed by atoms with E-state index in [-0.39, 0.29) is 28.5 Å². The van der Waals surface area contributed by atoms with E-state index in [1.807, 2.05) is 6.07 Å². The van der Waals surface area contributed by atoms with Crippen molar-refractivity contribution in [3.63, 3.8) is 0 Å². The number of fused-ring (bicyclic) bond motifs is 1. The third-order valence-corrected chi connectivity index (χ3v) is 6.98. The SMILES string of the molecule is CN1CCC(c2ncc3[nH]c(CS(=O)(=O)c4ccc(Cl)cc4)cc3n2)CC1.Cl.O. The second kappa shape index (κ2) is 9.40. The Bertz CT molecular complexity index is 1060. The van der Waals surface area contributed by atoms with E-state index in [0.29, 0.717) is 16.6 Å². The molecule has 0 unspecified atom stereocenters. The van der Waals surface area contributed by atoms with Crippen LogP contribution in [0.15, 0.2) is 41.4 Å². The lowest BCUT2D eigenvalue weighted by Gasteiger charge is -2.27. The molecule has 0 spiro atoms. The molecule has 0 saturated carbocycles. The van der Waals surface area contributed by atoms with Gasteiger partial charge in [-0.25, -0.2) is 18.4 Å². The van der Waals surface area contributed by atoms with Gasteiger partial charge in [-0.1, -0.05) is 11.6 Å². The molecule has 1 aromatic carbocycles. The molecule has 0 amide bonds. The average molecular weight is 459 g/mol. The Hall–Kier alpha value is -1.71. The Balaban J connectivity index is 0.00000150. The summed E-state index contributed by atoms with van der Waals surface area (Å²) in [6.07, 6.45) is 3.85. The number of hydrogen-bond acceptors (Lipinski definition) is 5. The number of aromatic amines is 1. The predicted octanol–water partition coefficient (Wildman–Crippen LogP) is 2.99. The number of H-pyrrole nitrogens is 1. The van der Waals surface area contributed by atoms with Crippen molar-refractivity contribution in [2.24, 2.45) is 0 Å². The largest absolute Gasteiger partial charge is 0.412 e. The van der Waals surface area contributed by atoms with E-state index in [1.165, 1.54) is 12.1 Å². The quantitative estimate of drug-likeness (QED) is 0.645. The molecule has 0 aliphatic carbocycles. The smallest absolute Gasteiger partial charge is 0.183 e. The van der Waals surface area contributed by atoms with E-state index in [4.69, 9.17) is 11.6 Å². The summed E-state index contributed by atoms with van der Waals surface area (Å²) in [6, 6.07) is 8.03. The highest BCUT2D eigenvalue weighted by molar-refractivity contribution is 7.90. The van der Waals surface area contributed by atoms with Crippen molar-refractivity contribution in [2.45, 2.75) is 29.4 Å². The van der Waals surface area contributed by atoms with Crippen molar-refractivity contribution in [1.29, 1.82) is 0 Å². The fourth-order valence-electron chi connectivity index (χ4n) is 3.46. The van der Waals surface area contributed by atoms with Crippen molar-refractivity contribution in [2.75, 3.05) is 20.1 Å². The third-order valence-electron chi connectivity index (χ3n) is 5.05. The van der Waals surface area contributed by atoms with Crippen LogP contribution in [0.1, 0.15) is 30.3 Å². The number of aromatic nitrogens is 3. The van der Waals surface area contributed by atoms with Gasteiger partial charge in [0.2, 0.25) is 0 Å². The number of likely N-dealkylation sites (tertiary alicyclic amines) is 1. The molecular formula is C19H24Cl2N4O3S. The molecule has 3 N–H and O–H groups in total. The molecule has 1 fully saturated rings. The summed E-state index contributed by atoms with van der Waals surface area (Å²) in [7, 11) is -1.33. The second-order valence-corrected chi connectivity index (χ2v) is 9.54. The van der Waals surface area contributed by atoms with E-state index >= 15 is 0 Å². The monoisotopic (exact) mass is 458 g/mol. The molecule has 0 radical (unpaired) electrons. The van der Waals surface area contributed by atoms with Crippen LogP contribution in [0.25, 0.3) is 11.0 Å². The van der Waals surface area contributed by atoms with Crippen LogP contribution in [0.4, 0.5) is 0 Å². The summed E-state index contributed by atoms with van der Waals surface area (Å²) in [5.74, 6) is 1.10. The normalized spacial score (nSPS) is 15.7. The van der Waals surface area contributed by atoms with Crippen LogP contribution in [0.2, 0.25) is 5.02 Å². The Morgan fingerprint density at radius 1 is 1.21 bits per heavy atom. The number of hydrogen-bond donors (Lipinski definition) is 1. The molecule has 10 heteroatoms. The lowest BCUT2D eigenvalue weighted by Crippen LogP contribution is -2.29. The molecule has 1 aliphatic heterocycles. The van der Waals surface area contributed by atoms with Gasteiger partial charge in [-0.15, -0.1) is 12.4 Å². The molecule has 158 valence electrons. The van der Waals surface area contributed by atoms with Gasteiger partial charge < -0.3 is 15.4 Å². The maximum Gasteiger partial charge on any atom is 0.183 e. The molecule has 7 nitrogen and oxygen atoms in total. The maximum atomic E-state index is 12.6. The summed E-state index contributed by atoms with van der Waals surface area (Å²) in [6.45, 7) is 2.09. The summed E-state index contributed by atoms with van der Waals surface area (Å²) in [4.78, 5) is 14.9. The van der Waals surface area contributed by atoms with Crippen molar-refractivity contribution >= 4 is 44.9 Å². The molecule has 1 aliphatic rings. The first-order valence-electron chi connectivity index (χ1n) is 8.92. The fraction of sp³-hybridized carbons (Fsp3) is 0.368. The number of piperidine rings is 1. The molecule has 0 atom stereocenters. The van der Waals surface area contributed by atoms with Gasteiger partial charge in [-0.3, -0.25) is 0 Å². The molecular weight excluding hydrogens is 435 g/mol. The highest BCUT2D eigenvalue weighted by Crippen LogP contribution is 2.26. The number of benzene rings is 1. The first-order valence-corrected chi connectivity index (χ1v) is 11.0. The minimum absolute atomic E-state index is 0. The van der Waals surface area contributed by atoms with Crippen molar-refractivity contribution in [3.8, 4) is 0 Å². The van der Waals surface area contributed by atoms with Crippen LogP contribution >= 0.6 is 24.0 Å². The molecule has 4 rings (SSSR count). The van der Waals surface area contributed by atoms with Gasteiger partial charge >= 0.3 is 0 Å². The standard InChI is InChI=1S/C19H21ClN4O2S.ClH.H2O/c1-24-8-6-13(7-9-24)19-21-11-18-17(23-19)10-15(22-18)12-27(25,26)16-4-2-14(20)3-5-16;;/h2-5,10-11,13,22H,6-9,12H2,1H3;1H;1H2. The number of sulfone groups is 1. The van der Waals surface area contributed by atoms with E-state index in [1.54, 1.807) is 18.3 Å². The molecule has 2 aromatic heterocycles. The minimum atomic E-state index is -3.46. The molecule has 3 heterocycles. The molecule has 29 heavy (non-hydrogen) atoms. The van der Waals surface area contributed by atoms with Crippen LogP contribution in [-0.2, 0) is 15.6 Å². The summed E-state index contributed by atoms with van der Waals surface area (Å²) in [5, 5.41) is 0.510. The van der Waals surface area contributed by atoms with Crippen LogP contribution in [0.3, 0.4) is 0 Å². The highest BCUT2D eigenvalue weighted by atomic mass is 35.5. The van der Waals surface area contributed by atoms with Crippen LogP contribution in [0.5, 0.6) is 0 Å². The zero-order chi connectivity index (χ0) is 19.0. The summed E-state index contributed by atoms with van der Waals surface area (Å²) < 4.78 is 25.3. The Morgan fingerprint density at radius 3 is 2.52 bits per heavy atom. The average Bonchev–Trinajstić information content (AvgIpc) is 3.03. The van der Waals surface area contributed by atoms with E-state index in [0.717, 1.165) is 42.8 Å². The zero-order valence-electron chi connectivity index (χ0n) is 15.9. The van der Waals surface area contributed by atoms with Crippen molar-refractivity contribution in [3.05, 3.63) is 53.1 Å². The van der Waals surface area contributed by atoms with Gasteiger partial charge in [0.25, 0.3) is 0 Å².